The van der Waals surface area contributed by atoms with Crippen molar-refractivity contribution < 1.29 is 27.5 Å². The highest BCUT2D eigenvalue weighted by Gasteiger charge is 2.29. The van der Waals surface area contributed by atoms with Crippen LogP contribution in [-0.4, -0.2) is 36.3 Å². The average Bonchev–Trinajstić information content (AvgIpc) is 2.85. The lowest BCUT2D eigenvalue weighted by Gasteiger charge is -2.08. The molecule has 0 unspecified atom stereocenters. The number of alkyl halides is 3. The first kappa shape index (κ1) is 18.0. The third-order valence-electron chi connectivity index (χ3n) is 2.78. The summed E-state index contributed by atoms with van der Waals surface area (Å²) in [6.45, 7) is 0.129. The van der Waals surface area contributed by atoms with Gasteiger partial charge in [-0.1, -0.05) is 17.4 Å². The molecule has 1 aromatic heterocycles. The monoisotopic (exact) mass is 361 g/mol. The SMILES string of the molecule is Cc1ccc2nc(NC(=O)CCNC(=O)OCC(F)(F)F)sc2c1. The van der Waals surface area contributed by atoms with E-state index in [1.54, 1.807) is 0 Å². The third-order valence-corrected chi connectivity index (χ3v) is 3.71. The topological polar surface area (TPSA) is 80.3 Å². The fourth-order valence-corrected chi connectivity index (χ4v) is 2.72. The molecule has 6 nitrogen and oxygen atoms in total. The van der Waals surface area contributed by atoms with Gasteiger partial charge in [0.25, 0.3) is 0 Å². The van der Waals surface area contributed by atoms with Gasteiger partial charge in [0, 0.05) is 13.0 Å². The maximum Gasteiger partial charge on any atom is 0.422 e. The first-order chi connectivity index (χ1) is 11.2. The minimum Gasteiger partial charge on any atom is -0.440 e. The van der Waals surface area contributed by atoms with Gasteiger partial charge < -0.3 is 15.4 Å². The maximum atomic E-state index is 11.8. The quantitative estimate of drug-likeness (QED) is 0.857. The van der Waals surface area contributed by atoms with Crippen molar-refractivity contribution in [2.45, 2.75) is 19.5 Å². The number of ether oxygens (including phenoxy) is 1. The number of nitrogens with one attached hydrogen (secondary N) is 2. The second-order valence-corrected chi connectivity index (χ2v) is 5.94. The van der Waals surface area contributed by atoms with Gasteiger partial charge in [0.2, 0.25) is 5.91 Å². The van der Waals surface area contributed by atoms with Crippen LogP contribution in [0.5, 0.6) is 0 Å². The van der Waals surface area contributed by atoms with Crippen LogP contribution in [0.1, 0.15) is 12.0 Å². The summed E-state index contributed by atoms with van der Waals surface area (Å²) in [4.78, 5) is 27.0. The highest BCUT2D eigenvalue weighted by atomic mass is 32.1. The molecule has 2 amide bonds. The van der Waals surface area contributed by atoms with Gasteiger partial charge in [-0.25, -0.2) is 9.78 Å². The molecule has 2 N–H and O–H groups in total. The molecule has 0 radical (unpaired) electrons. The number of hydrogen-bond donors (Lipinski definition) is 2. The van der Waals surface area contributed by atoms with Gasteiger partial charge in [0.1, 0.15) is 0 Å². The second kappa shape index (κ2) is 7.47. The number of thiazole rings is 1. The Morgan fingerprint density at radius 2 is 2.08 bits per heavy atom. The molecule has 1 aromatic carbocycles. The summed E-state index contributed by atoms with van der Waals surface area (Å²) in [5.41, 5.74) is 1.83. The van der Waals surface area contributed by atoms with E-state index < -0.39 is 24.8 Å². The number of aryl methyl sites for hydroxylation is 1. The second-order valence-electron chi connectivity index (χ2n) is 4.91. The summed E-state index contributed by atoms with van der Waals surface area (Å²) in [5.74, 6) is -0.415. The first-order valence-electron chi connectivity index (χ1n) is 6.87. The van der Waals surface area contributed by atoms with Crippen molar-refractivity contribution in [1.82, 2.24) is 10.3 Å². The Morgan fingerprint density at radius 1 is 1.33 bits per heavy atom. The van der Waals surface area contributed by atoms with Crippen LogP contribution < -0.4 is 10.6 Å². The van der Waals surface area contributed by atoms with Gasteiger partial charge in [-0.3, -0.25) is 4.79 Å². The van der Waals surface area contributed by atoms with Gasteiger partial charge in [-0.15, -0.1) is 0 Å². The van der Waals surface area contributed by atoms with Crippen molar-refractivity contribution in [2.24, 2.45) is 0 Å². The molecule has 10 heteroatoms. The molecule has 0 aliphatic heterocycles. The van der Waals surface area contributed by atoms with Crippen LogP contribution in [0.3, 0.4) is 0 Å². The molecule has 0 saturated carbocycles. The number of anilines is 1. The fraction of sp³-hybridized carbons (Fsp3) is 0.357. The summed E-state index contributed by atoms with van der Waals surface area (Å²) < 4.78 is 40.4. The van der Waals surface area contributed by atoms with Crippen LogP contribution in [-0.2, 0) is 9.53 Å². The van der Waals surface area contributed by atoms with E-state index in [9.17, 15) is 22.8 Å². The highest BCUT2D eigenvalue weighted by Crippen LogP contribution is 2.26. The molecule has 0 aliphatic carbocycles. The number of alkyl carbamates (subject to hydrolysis) is 1. The molecule has 130 valence electrons. The summed E-state index contributed by atoms with van der Waals surface area (Å²) >= 11 is 1.31. The smallest absolute Gasteiger partial charge is 0.422 e. The van der Waals surface area contributed by atoms with Crippen molar-refractivity contribution in [3.8, 4) is 0 Å². The van der Waals surface area contributed by atoms with Crippen molar-refractivity contribution in [3.63, 3.8) is 0 Å². The van der Waals surface area contributed by atoms with E-state index in [1.807, 2.05) is 25.1 Å². The predicted octanol–water partition coefficient (Wildman–Crippen LogP) is 3.22. The number of carbonyl (C=O) groups is 2. The zero-order valence-corrected chi connectivity index (χ0v) is 13.4. The van der Waals surface area contributed by atoms with E-state index in [-0.39, 0.29) is 13.0 Å². The standard InChI is InChI=1S/C14H14F3N3O3S/c1-8-2-3-9-10(6-8)24-12(19-9)20-11(21)4-5-18-13(22)23-7-14(15,16)17/h2-3,6H,4-5,7H2,1H3,(H,18,22)(H,19,20,21). The Kier molecular flexibility index (Phi) is 5.60. The summed E-state index contributed by atoms with van der Waals surface area (Å²) in [7, 11) is 0. The molecule has 24 heavy (non-hydrogen) atoms. The van der Waals surface area contributed by atoms with Crippen LogP contribution in [0.2, 0.25) is 0 Å². The number of carbonyl (C=O) groups excluding carboxylic acids is 2. The van der Waals surface area contributed by atoms with Crippen molar-refractivity contribution in [2.75, 3.05) is 18.5 Å². The van der Waals surface area contributed by atoms with Crippen LogP contribution in [0.25, 0.3) is 10.2 Å². The van der Waals surface area contributed by atoms with E-state index in [2.05, 4.69) is 20.4 Å². The van der Waals surface area contributed by atoms with Crippen molar-refractivity contribution >= 4 is 38.7 Å². The third kappa shape index (κ3) is 5.69. The molecule has 2 rings (SSSR count). The molecular formula is C14H14F3N3O3S. The first-order valence-corrected chi connectivity index (χ1v) is 7.69. The Labute approximate surface area is 139 Å². The summed E-state index contributed by atoms with van der Waals surface area (Å²) in [6, 6.07) is 5.69. The van der Waals surface area contributed by atoms with Gasteiger partial charge in [0.05, 0.1) is 10.2 Å². The fourth-order valence-electron chi connectivity index (χ4n) is 1.74. The lowest BCUT2D eigenvalue weighted by molar-refractivity contribution is -0.160. The Morgan fingerprint density at radius 3 is 2.79 bits per heavy atom. The number of rotatable bonds is 5. The minimum atomic E-state index is -4.58. The molecule has 1 heterocycles. The Balaban J connectivity index is 1.75. The molecule has 0 fully saturated rings. The van der Waals surface area contributed by atoms with Crippen LogP contribution in [0.15, 0.2) is 18.2 Å². The molecule has 0 atom stereocenters. The van der Waals surface area contributed by atoms with E-state index >= 15 is 0 Å². The van der Waals surface area contributed by atoms with E-state index in [0.29, 0.717) is 5.13 Å². The zero-order valence-electron chi connectivity index (χ0n) is 12.6. The molecule has 0 aliphatic rings. The van der Waals surface area contributed by atoms with Crippen LogP contribution in [0.4, 0.5) is 23.1 Å². The van der Waals surface area contributed by atoms with Gasteiger partial charge in [-0.2, -0.15) is 13.2 Å². The summed E-state index contributed by atoms with van der Waals surface area (Å²) in [5, 5.41) is 5.06. The van der Waals surface area contributed by atoms with Crippen molar-refractivity contribution in [3.05, 3.63) is 23.8 Å². The molecule has 2 aromatic rings. The van der Waals surface area contributed by atoms with Gasteiger partial charge in [0.15, 0.2) is 11.7 Å². The van der Waals surface area contributed by atoms with Crippen LogP contribution >= 0.6 is 11.3 Å². The summed E-state index contributed by atoms with van der Waals surface area (Å²) in [6.07, 6.45) is -5.92. The predicted molar refractivity (Wildman–Crippen MR) is 83.0 cm³/mol. The Bertz CT molecular complexity index is 746. The van der Waals surface area contributed by atoms with Crippen LogP contribution in [0, 0.1) is 6.92 Å². The van der Waals surface area contributed by atoms with E-state index in [0.717, 1.165) is 15.8 Å². The zero-order chi connectivity index (χ0) is 17.7. The molecular weight excluding hydrogens is 347 g/mol. The van der Waals surface area contributed by atoms with E-state index in [4.69, 9.17) is 0 Å². The maximum absolute atomic E-state index is 11.8. The number of benzene rings is 1. The largest absolute Gasteiger partial charge is 0.440 e. The number of halogens is 3. The minimum absolute atomic E-state index is 0.115. The van der Waals surface area contributed by atoms with Crippen molar-refractivity contribution in [1.29, 1.82) is 0 Å². The average molecular weight is 361 g/mol. The lowest BCUT2D eigenvalue weighted by Crippen LogP contribution is -2.31. The highest BCUT2D eigenvalue weighted by molar-refractivity contribution is 7.22. The number of hydrogen-bond acceptors (Lipinski definition) is 5. The molecule has 0 saturated heterocycles. The normalized spacial score (nSPS) is 11.3. The number of amides is 2. The lowest BCUT2D eigenvalue weighted by atomic mass is 10.2. The van der Waals surface area contributed by atoms with Gasteiger partial charge >= 0.3 is 12.3 Å². The number of nitrogens with zero attached hydrogens (tertiary/aromatic N) is 1. The molecule has 0 bridgehead atoms. The molecule has 0 spiro atoms. The van der Waals surface area contributed by atoms with Gasteiger partial charge in [-0.05, 0) is 24.6 Å². The van der Waals surface area contributed by atoms with E-state index in [1.165, 1.54) is 11.3 Å². The Hall–Kier alpha value is -2.36. The number of fused-ring (bicyclic) bond motifs is 1. The number of aromatic nitrogens is 1.